The lowest BCUT2D eigenvalue weighted by Gasteiger charge is -2.42. The van der Waals surface area contributed by atoms with Crippen molar-refractivity contribution < 1.29 is 9.53 Å². The number of fused-ring (bicyclic) bond motifs is 1. The Morgan fingerprint density at radius 1 is 1.36 bits per heavy atom. The number of hydrogen-bond donors (Lipinski definition) is 1. The zero-order chi connectivity index (χ0) is 14.9. The maximum atomic E-state index is 12.7. The third-order valence-corrected chi connectivity index (χ3v) is 5.99. The third-order valence-electron chi connectivity index (χ3n) is 5.99. The van der Waals surface area contributed by atoms with Gasteiger partial charge in [0.15, 0.2) is 0 Å². The highest BCUT2D eigenvalue weighted by atomic mass is 16.5. The Labute approximate surface area is 130 Å². The molecule has 114 valence electrons. The maximum Gasteiger partial charge on any atom is 0.228 e. The van der Waals surface area contributed by atoms with Gasteiger partial charge in [-0.15, -0.1) is 0 Å². The summed E-state index contributed by atoms with van der Waals surface area (Å²) in [7, 11) is 1.72. The van der Waals surface area contributed by atoms with Gasteiger partial charge in [0.2, 0.25) is 5.91 Å². The van der Waals surface area contributed by atoms with Gasteiger partial charge in [-0.05, 0) is 42.9 Å². The summed E-state index contributed by atoms with van der Waals surface area (Å²) < 4.78 is 5.55. The van der Waals surface area contributed by atoms with Crippen LogP contribution in [0.15, 0.2) is 29.5 Å². The summed E-state index contributed by atoms with van der Waals surface area (Å²) in [6.07, 6.45) is 5.12. The minimum absolute atomic E-state index is 0.144. The number of hydrogen-bond acceptors (Lipinski definition) is 3. The third kappa shape index (κ3) is 1.28. The molecule has 1 fully saturated rings. The molecular formula is C18H20N2O2. The largest absolute Gasteiger partial charge is 0.495 e. The molecule has 3 heterocycles. The average Bonchev–Trinajstić information content (AvgIpc) is 3.04. The Bertz CT molecular complexity index is 724. The van der Waals surface area contributed by atoms with Gasteiger partial charge in [0.05, 0.1) is 18.2 Å². The second kappa shape index (κ2) is 4.06. The molecule has 0 unspecified atom stereocenters. The highest BCUT2D eigenvalue weighted by Gasteiger charge is 2.60. The second-order valence-electron chi connectivity index (χ2n) is 6.87. The molecule has 22 heavy (non-hydrogen) atoms. The van der Waals surface area contributed by atoms with E-state index in [9.17, 15) is 4.79 Å². The molecule has 1 saturated heterocycles. The first-order valence-electron chi connectivity index (χ1n) is 8.22. The molecule has 0 saturated carbocycles. The number of allylic oxidation sites excluding steroid dienone is 1. The summed E-state index contributed by atoms with van der Waals surface area (Å²) in [5.74, 6) is 1.20. The van der Waals surface area contributed by atoms with E-state index in [0.717, 1.165) is 43.7 Å². The first kappa shape index (κ1) is 12.6. The van der Waals surface area contributed by atoms with Crippen molar-refractivity contribution in [2.24, 2.45) is 0 Å². The Kier molecular flexibility index (Phi) is 2.32. The van der Waals surface area contributed by atoms with Crippen molar-refractivity contribution >= 4 is 11.6 Å². The van der Waals surface area contributed by atoms with E-state index in [0.29, 0.717) is 18.4 Å². The lowest BCUT2D eigenvalue weighted by atomic mass is 9.66. The molecule has 1 aromatic carbocycles. The molecule has 2 atom stereocenters. The molecule has 0 aromatic heterocycles. The summed E-state index contributed by atoms with van der Waals surface area (Å²) in [6, 6.07) is 6.57. The number of anilines is 1. The number of nitrogens with zero attached hydrogens (tertiary/aromatic N) is 1. The van der Waals surface area contributed by atoms with E-state index in [1.54, 1.807) is 7.11 Å². The van der Waals surface area contributed by atoms with Crippen LogP contribution in [0.4, 0.5) is 5.69 Å². The number of methoxy groups -OCH3 is 1. The molecule has 5 rings (SSSR count). The molecule has 3 aliphatic heterocycles. The van der Waals surface area contributed by atoms with Gasteiger partial charge in [-0.2, -0.15) is 0 Å². The fourth-order valence-electron chi connectivity index (χ4n) is 5.19. The zero-order valence-corrected chi connectivity index (χ0v) is 12.8. The minimum atomic E-state index is -0.144. The number of carbonyl (C=O) groups excluding carboxylic acids is 1. The van der Waals surface area contributed by atoms with Crippen LogP contribution in [-0.2, 0) is 10.2 Å². The standard InChI is InChI=1S/C18H20N2O2/c1-22-13-6-2-5-12-16(13)19-14-8-7-11-4-3-9-20-15(21)10-18(12,14)17(11)20/h2,5-6,14,19H,3-4,7-10H2,1H3/t14-,18-/m1/s1. The summed E-state index contributed by atoms with van der Waals surface area (Å²) in [5.41, 5.74) is 5.07. The molecule has 4 nitrogen and oxygen atoms in total. The molecule has 1 amide bonds. The Hall–Kier alpha value is -1.97. The monoisotopic (exact) mass is 296 g/mol. The Balaban J connectivity index is 1.80. The average molecular weight is 296 g/mol. The number of para-hydroxylation sites is 1. The number of rotatable bonds is 1. The number of ether oxygens (including phenoxy) is 1. The van der Waals surface area contributed by atoms with Gasteiger partial charge >= 0.3 is 0 Å². The van der Waals surface area contributed by atoms with Crippen molar-refractivity contribution in [1.82, 2.24) is 4.90 Å². The minimum Gasteiger partial charge on any atom is -0.495 e. The van der Waals surface area contributed by atoms with Gasteiger partial charge in [-0.1, -0.05) is 12.1 Å². The Morgan fingerprint density at radius 3 is 3.14 bits per heavy atom. The van der Waals surface area contributed by atoms with Gasteiger partial charge in [-0.25, -0.2) is 0 Å². The van der Waals surface area contributed by atoms with Crippen LogP contribution in [0.1, 0.15) is 37.7 Å². The normalized spacial score (nSPS) is 31.6. The van der Waals surface area contributed by atoms with Crippen molar-refractivity contribution in [2.75, 3.05) is 19.0 Å². The van der Waals surface area contributed by atoms with E-state index in [4.69, 9.17) is 4.74 Å². The van der Waals surface area contributed by atoms with E-state index < -0.39 is 0 Å². The summed E-state index contributed by atoms with van der Waals surface area (Å²) in [6.45, 7) is 0.894. The fraction of sp³-hybridized carbons (Fsp3) is 0.500. The van der Waals surface area contributed by atoms with Gasteiger partial charge in [0.25, 0.3) is 0 Å². The number of nitrogens with one attached hydrogen (secondary N) is 1. The molecule has 1 aromatic rings. The SMILES string of the molecule is COc1cccc2c1N[C@@H]1CCC3=C4N(CCC3)C(=O)C[C@@]421. The van der Waals surface area contributed by atoms with E-state index in [2.05, 4.69) is 22.3 Å². The van der Waals surface area contributed by atoms with Crippen molar-refractivity contribution in [1.29, 1.82) is 0 Å². The van der Waals surface area contributed by atoms with Gasteiger partial charge in [-0.3, -0.25) is 4.79 Å². The molecule has 1 spiro atoms. The molecule has 0 radical (unpaired) electrons. The van der Waals surface area contributed by atoms with Gasteiger partial charge in [0, 0.05) is 24.7 Å². The smallest absolute Gasteiger partial charge is 0.228 e. The summed E-state index contributed by atoms with van der Waals surface area (Å²) in [4.78, 5) is 14.8. The summed E-state index contributed by atoms with van der Waals surface area (Å²) >= 11 is 0. The predicted octanol–water partition coefficient (Wildman–Crippen LogP) is 2.80. The van der Waals surface area contributed by atoms with Crippen molar-refractivity contribution in [3.63, 3.8) is 0 Å². The lowest BCUT2D eigenvalue weighted by molar-refractivity contribution is -0.127. The van der Waals surface area contributed by atoms with Crippen LogP contribution in [0.25, 0.3) is 0 Å². The second-order valence-corrected chi connectivity index (χ2v) is 6.87. The van der Waals surface area contributed by atoms with Gasteiger partial charge < -0.3 is 15.0 Å². The topological polar surface area (TPSA) is 41.6 Å². The van der Waals surface area contributed by atoms with Crippen molar-refractivity contribution in [3.8, 4) is 5.75 Å². The number of carbonyl (C=O) groups is 1. The number of benzene rings is 1. The lowest BCUT2D eigenvalue weighted by Crippen LogP contribution is -2.44. The first-order chi connectivity index (χ1) is 10.8. The molecule has 4 aliphatic rings. The van der Waals surface area contributed by atoms with Crippen LogP contribution in [0.3, 0.4) is 0 Å². The first-order valence-corrected chi connectivity index (χ1v) is 8.22. The van der Waals surface area contributed by atoms with Crippen LogP contribution in [0, 0.1) is 0 Å². The Morgan fingerprint density at radius 2 is 2.27 bits per heavy atom. The van der Waals surface area contributed by atoms with Crippen LogP contribution in [0.5, 0.6) is 5.75 Å². The molecule has 0 bridgehead atoms. The van der Waals surface area contributed by atoms with Crippen LogP contribution < -0.4 is 10.1 Å². The van der Waals surface area contributed by atoms with E-state index >= 15 is 0 Å². The molecule has 4 heteroatoms. The highest BCUT2D eigenvalue weighted by molar-refractivity contribution is 5.89. The summed E-state index contributed by atoms with van der Waals surface area (Å²) in [5, 5.41) is 3.69. The quantitative estimate of drug-likeness (QED) is 0.866. The van der Waals surface area contributed by atoms with Gasteiger partial charge in [0.1, 0.15) is 5.75 Å². The van der Waals surface area contributed by atoms with E-state index in [1.165, 1.54) is 16.8 Å². The van der Waals surface area contributed by atoms with Crippen molar-refractivity contribution in [2.45, 2.75) is 43.6 Å². The number of amides is 1. The molecule has 1 N–H and O–H groups in total. The van der Waals surface area contributed by atoms with Crippen LogP contribution >= 0.6 is 0 Å². The van der Waals surface area contributed by atoms with Crippen molar-refractivity contribution in [3.05, 3.63) is 35.0 Å². The molecule has 1 aliphatic carbocycles. The van der Waals surface area contributed by atoms with E-state index in [-0.39, 0.29) is 5.41 Å². The van der Waals surface area contributed by atoms with E-state index in [1.807, 2.05) is 6.07 Å². The maximum absolute atomic E-state index is 12.7. The van der Waals surface area contributed by atoms with Crippen LogP contribution in [-0.4, -0.2) is 30.5 Å². The van der Waals surface area contributed by atoms with Crippen LogP contribution in [0.2, 0.25) is 0 Å². The predicted molar refractivity (Wildman–Crippen MR) is 83.9 cm³/mol. The highest BCUT2D eigenvalue weighted by Crippen LogP contribution is 2.60. The fourth-order valence-corrected chi connectivity index (χ4v) is 5.19. The molecular weight excluding hydrogens is 276 g/mol. The zero-order valence-electron chi connectivity index (χ0n) is 12.8.